The summed E-state index contributed by atoms with van der Waals surface area (Å²) in [6.45, 7) is 5.81. The number of carbonyl (C=O) groups is 1. The maximum Gasteiger partial charge on any atom is 0.254 e. The second-order valence-electron chi connectivity index (χ2n) is 5.85. The molecule has 0 saturated heterocycles. The number of hydrogen-bond donors (Lipinski definition) is 1. The number of hydrogen-bond acceptors (Lipinski definition) is 4. The van der Waals surface area contributed by atoms with Gasteiger partial charge in [-0.1, -0.05) is 23.9 Å². The van der Waals surface area contributed by atoms with Gasteiger partial charge < -0.3 is 5.32 Å². The van der Waals surface area contributed by atoms with E-state index < -0.39 is 0 Å². The van der Waals surface area contributed by atoms with Crippen molar-refractivity contribution in [2.24, 2.45) is 0 Å². The van der Waals surface area contributed by atoms with E-state index in [0.717, 1.165) is 16.8 Å². The molecule has 1 aliphatic rings. The zero-order valence-corrected chi connectivity index (χ0v) is 14.2. The van der Waals surface area contributed by atoms with E-state index >= 15 is 0 Å². The lowest BCUT2D eigenvalue weighted by molar-refractivity contribution is -0.116. The van der Waals surface area contributed by atoms with E-state index in [2.05, 4.69) is 10.3 Å². The monoisotopic (exact) mass is 329 g/mol. The van der Waals surface area contributed by atoms with Crippen LogP contribution in [0.1, 0.15) is 29.3 Å². The lowest BCUT2D eigenvalue weighted by Gasteiger charge is -2.14. The molecule has 1 aromatic carbocycles. The highest BCUT2D eigenvalue weighted by Crippen LogP contribution is 2.32. The number of amides is 1. The lowest BCUT2D eigenvalue weighted by atomic mass is 10.1. The van der Waals surface area contributed by atoms with Gasteiger partial charge in [-0.3, -0.25) is 14.2 Å². The molecular weight excluding hydrogens is 310 g/mol. The molecule has 120 valence electrons. The van der Waals surface area contributed by atoms with Crippen LogP contribution < -0.4 is 10.9 Å². The summed E-state index contributed by atoms with van der Waals surface area (Å²) in [5.41, 5.74) is 3.67. The van der Waals surface area contributed by atoms with Crippen molar-refractivity contribution in [2.75, 3.05) is 11.1 Å². The molecule has 0 spiro atoms. The van der Waals surface area contributed by atoms with Gasteiger partial charge >= 0.3 is 0 Å². The first-order valence-corrected chi connectivity index (χ1v) is 8.53. The minimum atomic E-state index is -0.138. The van der Waals surface area contributed by atoms with Crippen LogP contribution in [0.2, 0.25) is 0 Å². The molecule has 2 heterocycles. The van der Waals surface area contributed by atoms with Crippen molar-refractivity contribution in [3.63, 3.8) is 0 Å². The second kappa shape index (κ2) is 6.20. The molecule has 1 aliphatic heterocycles. The summed E-state index contributed by atoms with van der Waals surface area (Å²) in [4.78, 5) is 28.9. The summed E-state index contributed by atoms with van der Waals surface area (Å²) in [5.74, 6) is 0.621. The highest BCUT2D eigenvalue weighted by atomic mass is 32.2. The number of thioether (sulfide) groups is 1. The minimum Gasteiger partial charge on any atom is -0.326 e. The number of benzene rings is 1. The maximum absolute atomic E-state index is 12.4. The van der Waals surface area contributed by atoms with Crippen molar-refractivity contribution in [1.82, 2.24) is 9.55 Å². The van der Waals surface area contributed by atoms with E-state index in [0.29, 0.717) is 16.6 Å². The average molecular weight is 329 g/mol. The van der Waals surface area contributed by atoms with Crippen LogP contribution in [0.25, 0.3) is 0 Å². The molecule has 6 heteroatoms. The first-order valence-electron chi connectivity index (χ1n) is 7.55. The normalized spacial score (nSPS) is 16.2. The molecule has 2 aromatic rings. The molecular formula is C17H19N3O2S. The lowest BCUT2D eigenvalue weighted by Crippen LogP contribution is -2.27. The summed E-state index contributed by atoms with van der Waals surface area (Å²) in [5, 5.41) is 3.66. The largest absolute Gasteiger partial charge is 0.326 e. The number of aromatic nitrogens is 2. The maximum atomic E-state index is 12.4. The van der Waals surface area contributed by atoms with Crippen LogP contribution in [0, 0.1) is 20.8 Å². The third-order valence-electron chi connectivity index (χ3n) is 4.12. The fraction of sp³-hybridized carbons (Fsp3) is 0.353. The van der Waals surface area contributed by atoms with Gasteiger partial charge in [-0.15, -0.1) is 0 Å². The van der Waals surface area contributed by atoms with Crippen LogP contribution >= 0.6 is 11.8 Å². The first kappa shape index (κ1) is 15.8. The summed E-state index contributed by atoms with van der Waals surface area (Å²) in [7, 11) is 0. The van der Waals surface area contributed by atoms with Gasteiger partial charge in [-0.2, -0.15) is 0 Å². The highest BCUT2D eigenvalue weighted by molar-refractivity contribution is 7.99. The number of nitrogens with one attached hydrogen (secondary N) is 1. The predicted molar refractivity (Wildman–Crippen MR) is 92.2 cm³/mol. The smallest absolute Gasteiger partial charge is 0.254 e. The van der Waals surface area contributed by atoms with E-state index in [9.17, 15) is 9.59 Å². The number of rotatable bonds is 3. The predicted octanol–water partition coefficient (Wildman–Crippen LogP) is 2.84. The van der Waals surface area contributed by atoms with Crippen LogP contribution in [0.15, 0.2) is 34.2 Å². The van der Waals surface area contributed by atoms with Gasteiger partial charge in [0.15, 0.2) is 5.16 Å². The minimum absolute atomic E-state index is 0.0791. The SMILES string of the molecule is Cc1cc(=O)n2c(n1)SCC2CC(=O)Nc1cccc(C)c1C. The van der Waals surface area contributed by atoms with Gasteiger partial charge in [-0.25, -0.2) is 4.98 Å². The summed E-state index contributed by atoms with van der Waals surface area (Å²) in [6.07, 6.45) is 0.276. The van der Waals surface area contributed by atoms with E-state index in [4.69, 9.17) is 0 Å². The molecule has 0 saturated carbocycles. The molecule has 5 nitrogen and oxygen atoms in total. The van der Waals surface area contributed by atoms with Gasteiger partial charge in [0.1, 0.15) is 0 Å². The van der Waals surface area contributed by atoms with Gasteiger partial charge in [-0.05, 0) is 38.0 Å². The molecule has 3 rings (SSSR count). The number of nitrogens with zero attached hydrogens (tertiary/aromatic N) is 2. The molecule has 1 aromatic heterocycles. The van der Waals surface area contributed by atoms with Crippen LogP contribution in [-0.2, 0) is 4.79 Å². The molecule has 1 amide bonds. The van der Waals surface area contributed by atoms with Gasteiger partial charge in [0.05, 0.1) is 6.04 Å². The Labute approximate surface area is 139 Å². The first-order chi connectivity index (χ1) is 11.0. The van der Waals surface area contributed by atoms with Crippen LogP contribution in [0.3, 0.4) is 0 Å². The Balaban J connectivity index is 1.76. The number of fused-ring (bicyclic) bond motifs is 1. The average Bonchev–Trinajstić information content (AvgIpc) is 2.86. The van der Waals surface area contributed by atoms with Crippen molar-refractivity contribution in [3.05, 3.63) is 51.4 Å². The number of anilines is 1. The molecule has 1 N–H and O–H groups in total. The molecule has 0 bridgehead atoms. The van der Waals surface area contributed by atoms with Crippen LogP contribution in [0.5, 0.6) is 0 Å². The Morgan fingerprint density at radius 2 is 2.17 bits per heavy atom. The molecule has 0 radical (unpaired) electrons. The summed E-state index contributed by atoms with van der Waals surface area (Å²) >= 11 is 1.53. The fourth-order valence-electron chi connectivity index (χ4n) is 2.71. The molecule has 1 atom stereocenters. The molecule has 1 unspecified atom stereocenters. The quantitative estimate of drug-likeness (QED) is 0.880. The highest BCUT2D eigenvalue weighted by Gasteiger charge is 2.27. The molecule has 0 fully saturated rings. The van der Waals surface area contributed by atoms with Gasteiger partial charge in [0.2, 0.25) is 5.91 Å². The van der Waals surface area contributed by atoms with Gasteiger partial charge in [0.25, 0.3) is 5.56 Å². The topological polar surface area (TPSA) is 64.0 Å². The van der Waals surface area contributed by atoms with Gasteiger partial charge in [0, 0.05) is 29.6 Å². The number of aryl methyl sites for hydroxylation is 2. The third kappa shape index (κ3) is 3.17. The van der Waals surface area contributed by atoms with Crippen molar-refractivity contribution in [2.45, 2.75) is 38.4 Å². The Morgan fingerprint density at radius 3 is 2.96 bits per heavy atom. The zero-order valence-electron chi connectivity index (χ0n) is 13.4. The third-order valence-corrected chi connectivity index (χ3v) is 5.22. The molecule has 23 heavy (non-hydrogen) atoms. The van der Waals surface area contributed by atoms with Crippen LogP contribution in [0.4, 0.5) is 5.69 Å². The van der Waals surface area contributed by atoms with Crippen LogP contribution in [-0.4, -0.2) is 21.2 Å². The summed E-state index contributed by atoms with van der Waals surface area (Å²) < 4.78 is 1.64. The summed E-state index contributed by atoms with van der Waals surface area (Å²) in [6, 6.07) is 7.22. The fourth-order valence-corrected chi connectivity index (χ4v) is 3.91. The standard InChI is InChI=1S/C17H19N3O2S/c1-10-5-4-6-14(12(10)3)19-15(21)8-13-9-23-17-18-11(2)7-16(22)20(13)17/h4-7,13H,8-9H2,1-3H3,(H,19,21). The Hall–Kier alpha value is -2.08. The van der Waals surface area contributed by atoms with Crippen molar-refractivity contribution in [1.29, 1.82) is 0 Å². The van der Waals surface area contributed by atoms with Crippen molar-refractivity contribution in [3.8, 4) is 0 Å². The van der Waals surface area contributed by atoms with E-state index in [1.807, 2.05) is 39.0 Å². The van der Waals surface area contributed by atoms with Crippen molar-refractivity contribution >= 4 is 23.4 Å². The van der Waals surface area contributed by atoms with Crippen molar-refractivity contribution < 1.29 is 4.79 Å². The Morgan fingerprint density at radius 1 is 1.39 bits per heavy atom. The van der Waals surface area contributed by atoms with E-state index in [1.165, 1.54) is 17.8 Å². The van der Waals surface area contributed by atoms with E-state index in [1.54, 1.807) is 4.57 Å². The van der Waals surface area contributed by atoms with E-state index in [-0.39, 0.29) is 23.9 Å². The Bertz CT molecular complexity index is 829. The second-order valence-corrected chi connectivity index (χ2v) is 6.84. The molecule has 0 aliphatic carbocycles. The Kier molecular flexibility index (Phi) is 4.26. The number of carbonyl (C=O) groups excluding carboxylic acids is 1. The zero-order chi connectivity index (χ0) is 16.6.